The summed E-state index contributed by atoms with van der Waals surface area (Å²) < 4.78 is 0. The van der Waals surface area contributed by atoms with Gasteiger partial charge in [0.15, 0.2) is 0 Å². The van der Waals surface area contributed by atoms with E-state index in [0.717, 1.165) is 39.3 Å². The molecular weight excluding hydrogens is 236 g/mol. The van der Waals surface area contributed by atoms with Crippen LogP contribution in [-0.2, 0) is 0 Å². The van der Waals surface area contributed by atoms with Crippen molar-refractivity contribution in [3.8, 4) is 0 Å². The van der Waals surface area contributed by atoms with Crippen molar-refractivity contribution in [3.05, 3.63) is 24.3 Å². The molecule has 3 rings (SSSR count). The second kappa shape index (κ2) is 5.80. The summed E-state index contributed by atoms with van der Waals surface area (Å²) in [6, 6.07) is 9.51. The van der Waals surface area contributed by atoms with Crippen LogP contribution >= 0.6 is 0 Å². The molecule has 0 amide bonds. The predicted molar refractivity (Wildman–Crippen MR) is 81.0 cm³/mol. The quantitative estimate of drug-likeness (QED) is 0.855. The number of hydrogen-bond acceptors (Lipinski definition) is 4. The van der Waals surface area contributed by atoms with Gasteiger partial charge in [0.05, 0.1) is 0 Å². The van der Waals surface area contributed by atoms with Crippen LogP contribution in [0.5, 0.6) is 0 Å². The molecule has 1 aromatic rings. The summed E-state index contributed by atoms with van der Waals surface area (Å²) >= 11 is 0. The smallest absolute Gasteiger partial charge is 0.0398 e. The van der Waals surface area contributed by atoms with Crippen molar-refractivity contribution in [2.24, 2.45) is 0 Å². The lowest BCUT2D eigenvalue weighted by Crippen LogP contribution is -2.44. The molecule has 4 heteroatoms. The second-order valence-electron chi connectivity index (χ2n) is 5.67. The highest BCUT2D eigenvalue weighted by atomic mass is 15.2. The van der Waals surface area contributed by atoms with Crippen LogP contribution in [0, 0.1) is 0 Å². The van der Waals surface area contributed by atoms with Crippen LogP contribution in [-0.4, -0.2) is 57.3 Å². The number of hydrogen-bond donors (Lipinski definition) is 2. The number of benzene rings is 1. The van der Waals surface area contributed by atoms with E-state index >= 15 is 0 Å². The van der Waals surface area contributed by atoms with E-state index in [2.05, 4.69) is 51.7 Å². The van der Waals surface area contributed by atoms with E-state index in [-0.39, 0.29) is 0 Å². The van der Waals surface area contributed by atoms with Gasteiger partial charge in [0.25, 0.3) is 0 Å². The molecule has 0 aliphatic carbocycles. The summed E-state index contributed by atoms with van der Waals surface area (Å²) in [5, 5.41) is 6.97. The fourth-order valence-corrected chi connectivity index (χ4v) is 2.85. The van der Waals surface area contributed by atoms with Crippen molar-refractivity contribution in [2.75, 3.05) is 56.5 Å². The van der Waals surface area contributed by atoms with Gasteiger partial charge in [0.1, 0.15) is 0 Å². The molecule has 0 bridgehead atoms. The highest BCUT2D eigenvalue weighted by molar-refractivity contribution is 5.55. The molecule has 104 valence electrons. The summed E-state index contributed by atoms with van der Waals surface area (Å²) in [6.07, 6.45) is 1.22. The molecule has 2 aliphatic rings. The number of piperazine rings is 1. The van der Waals surface area contributed by atoms with Crippen LogP contribution in [0.2, 0.25) is 0 Å². The minimum atomic E-state index is 0.592. The van der Waals surface area contributed by atoms with Gasteiger partial charge in [-0.25, -0.2) is 0 Å². The molecular formula is C15H24N4. The summed E-state index contributed by atoms with van der Waals surface area (Å²) in [7, 11) is 2.19. The number of rotatable bonds is 3. The Hall–Kier alpha value is -1.26. The topological polar surface area (TPSA) is 30.5 Å². The van der Waals surface area contributed by atoms with Gasteiger partial charge in [-0.2, -0.15) is 0 Å². The van der Waals surface area contributed by atoms with Gasteiger partial charge in [0, 0.05) is 50.1 Å². The van der Waals surface area contributed by atoms with Gasteiger partial charge in [-0.3, -0.25) is 0 Å². The molecule has 19 heavy (non-hydrogen) atoms. The van der Waals surface area contributed by atoms with E-state index in [1.165, 1.54) is 17.8 Å². The lowest BCUT2D eigenvalue weighted by atomic mass is 10.2. The Bertz CT molecular complexity index is 389. The third kappa shape index (κ3) is 3.19. The van der Waals surface area contributed by atoms with E-state index in [1.807, 2.05) is 0 Å². The Morgan fingerprint density at radius 1 is 1.11 bits per heavy atom. The van der Waals surface area contributed by atoms with Gasteiger partial charge in [-0.15, -0.1) is 0 Å². The molecule has 2 N–H and O–H groups in total. The maximum absolute atomic E-state index is 3.59. The van der Waals surface area contributed by atoms with Gasteiger partial charge in [-0.05, 0) is 44.3 Å². The molecule has 0 aromatic heterocycles. The Morgan fingerprint density at radius 3 is 2.47 bits per heavy atom. The van der Waals surface area contributed by atoms with Gasteiger partial charge >= 0.3 is 0 Å². The molecule has 2 heterocycles. The maximum Gasteiger partial charge on any atom is 0.0398 e. The van der Waals surface area contributed by atoms with E-state index < -0.39 is 0 Å². The Morgan fingerprint density at radius 2 is 1.84 bits per heavy atom. The minimum absolute atomic E-state index is 0.592. The molecule has 0 spiro atoms. The minimum Gasteiger partial charge on any atom is -0.381 e. The highest BCUT2D eigenvalue weighted by Gasteiger charge is 2.15. The van der Waals surface area contributed by atoms with Crippen molar-refractivity contribution in [1.82, 2.24) is 10.2 Å². The van der Waals surface area contributed by atoms with Gasteiger partial charge in [-0.1, -0.05) is 0 Å². The molecule has 1 unspecified atom stereocenters. The van der Waals surface area contributed by atoms with Crippen LogP contribution in [0.15, 0.2) is 24.3 Å². The molecule has 2 fully saturated rings. The number of nitrogens with zero attached hydrogens (tertiary/aromatic N) is 2. The zero-order chi connectivity index (χ0) is 13.1. The van der Waals surface area contributed by atoms with Crippen molar-refractivity contribution >= 4 is 11.4 Å². The van der Waals surface area contributed by atoms with E-state index in [4.69, 9.17) is 0 Å². The van der Waals surface area contributed by atoms with E-state index in [1.54, 1.807) is 0 Å². The van der Waals surface area contributed by atoms with Crippen molar-refractivity contribution in [1.29, 1.82) is 0 Å². The Kier molecular flexibility index (Phi) is 3.89. The summed E-state index contributed by atoms with van der Waals surface area (Å²) in [6.45, 7) is 6.81. The summed E-state index contributed by atoms with van der Waals surface area (Å²) in [5.74, 6) is 0. The maximum atomic E-state index is 3.59. The molecule has 2 aliphatic heterocycles. The third-order valence-corrected chi connectivity index (χ3v) is 4.17. The van der Waals surface area contributed by atoms with E-state index in [0.29, 0.717) is 6.04 Å². The van der Waals surface area contributed by atoms with Gasteiger partial charge in [0.2, 0.25) is 0 Å². The molecule has 0 radical (unpaired) electrons. The number of anilines is 2. The Labute approximate surface area is 115 Å². The highest BCUT2D eigenvalue weighted by Crippen LogP contribution is 2.20. The first-order valence-corrected chi connectivity index (χ1v) is 7.32. The SMILES string of the molecule is CN1CCN(c2ccc(NC3CCNC3)cc2)CC1. The summed E-state index contributed by atoms with van der Waals surface area (Å²) in [5.41, 5.74) is 2.59. The predicted octanol–water partition coefficient (Wildman–Crippen LogP) is 1.21. The van der Waals surface area contributed by atoms with Crippen LogP contribution in [0.3, 0.4) is 0 Å². The molecule has 1 aromatic carbocycles. The van der Waals surface area contributed by atoms with Crippen LogP contribution in [0.1, 0.15) is 6.42 Å². The van der Waals surface area contributed by atoms with E-state index in [9.17, 15) is 0 Å². The fourth-order valence-electron chi connectivity index (χ4n) is 2.85. The average molecular weight is 260 g/mol. The summed E-state index contributed by atoms with van der Waals surface area (Å²) in [4.78, 5) is 4.86. The molecule has 1 atom stereocenters. The van der Waals surface area contributed by atoms with Crippen molar-refractivity contribution in [2.45, 2.75) is 12.5 Å². The monoisotopic (exact) mass is 260 g/mol. The first-order chi connectivity index (χ1) is 9.31. The molecule has 2 saturated heterocycles. The zero-order valence-corrected chi connectivity index (χ0v) is 11.7. The van der Waals surface area contributed by atoms with Crippen molar-refractivity contribution < 1.29 is 0 Å². The van der Waals surface area contributed by atoms with Crippen LogP contribution in [0.25, 0.3) is 0 Å². The molecule has 4 nitrogen and oxygen atoms in total. The first kappa shape index (κ1) is 12.8. The largest absolute Gasteiger partial charge is 0.381 e. The number of likely N-dealkylation sites (N-methyl/N-ethyl adjacent to an activating group) is 1. The fraction of sp³-hybridized carbons (Fsp3) is 0.600. The Balaban J connectivity index is 1.58. The number of nitrogens with one attached hydrogen (secondary N) is 2. The standard InChI is InChI=1S/C15H24N4/c1-18-8-10-19(11-9-18)15-4-2-13(3-5-15)17-14-6-7-16-12-14/h2-5,14,16-17H,6-12H2,1H3. The normalized spacial score (nSPS) is 24.7. The lowest BCUT2D eigenvalue weighted by molar-refractivity contribution is 0.313. The molecule has 0 saturated carbocycles. The lowest BCUT2D eigenvalue weighted by Gasteiger charge is -2.34. The third-order valence-electron chi connectivity index (χ3n) is 4.17. The second-order valence-corrected chi connectivity index (χ2v) is 5.67. The van der Waals surface area contributed by atoms with Crippen LogP contribution < -0.4 is 15.5 Å². The first-order valence-electron chi connectivity index (χ1n) is 7.32. The van der Waals surface area contributed by atoms with Crippen molar-refractivity contribution in [3.63, 3.8) is 0 Å². The van der Waals surface area contributed by atoms with Crippen LogP contribution in [0.4, 0.5) is 11.4 Å². The zero-order valence-electron chi connectivity index (χ0n) is 11.7. The average Bonchev–Trinajstić information content (AvgIpc) is 2.94. The van der Waals surface area contributed by atoms with Gasteiger partial charge < -0.3 is 20.4 Å².